The smallest absolute Gasteiger partial charge is 0.342 e. The molecule has 0 radical (unpaired) electrons. The Hall–Kier alpha value is -3.07. The van der Waals surface area contributed by atoms with Gasteiger partial charge in [0.15, 0.2) is 12.2 Å². The van der Waals surface area contributed by atoms with E-state index < -0.39 is 12.2 Å². The third kappa shape index (κ3) is 2.65. The molecule has 118 valence electrons. The minimum Gasteiger partial charge on any atom is -0.481 e. The Bertz CT molecular complexity index is 843. The molecule has 4 rings (SSSR count). The summed E-state index contributed by atoms with van der Waals surface area (Å²) in [6, 6.07) is 26.8. The van der Waals surface area contributed by atoms with Crippen LogP contribution in [0.5, 0.6) is 5.75 Å². The summed E-state index contributed by atoms with van der Waals surface area (Å²) in [5, 5.41) is 0. The Balaban J connectivity index is 1.83. The number of ether oxygens (including phenoxy) is 2. The highest BCUT2D eigenvalue weighted by atomic mass is 16.6. The Morgan fingerprint density at radius 2 is 1.08 bits per heavy atom. The van der Waals surface area contributed by atoms with Crippen molar-refractivity contribution in [3.8, 4) is 5.75 Å². The molecule has 1 aliphatic heterocycles. The average Bonchev–Trinajstić information content (AvgIpc) is 2.80. The third-order valence-corrected chi connectivity index (χ3v) is 4.13. The van der Waals surface area contributed by atoms with Crippen LogP contribution in [0.3, 0.4) is 0 Å². The van der Waals surface area contributed by atoms with Gasteiger partial charge < -0.3 is 9.47 Å². The Labute approximate surface area is 140 Å². The van der Waals surface area contributed by atoms with Gasteiger partial charge in [0.25, 0.3) is 0 Å². The molecular weight excluding hydrogens is 300 g/mol. The van der Waals surface area contributed by atoms with Crippen molar-refractivity contribution in [1.29, 1.82) is 0 Å². The summed E-state index contributed by atoms with van der Waals surface area (Å²) in [6.45, 7) is 0. The van der Waals surface area contributed by atoms with Crippen LogP contribution >= 0.6 is 0 Å². The molecule has 3 heteroatoms. The number of benzene rings is 3. The summed E-state index contributed by atoms with van der Waals surface area (Å²) >= 11 is 0. The second kappa shape index (κ2) is 6.20. The number of rotatable bonds is 2. The van der Waals surface area contributed by atoms with E-state index in [1.165, 1.54) is 0 Å². The largest absolute Gasteiger partial charge is 0.481 e. The predicted molar refractivity (Wildman–Crippen MR) is 90.9 cm³/mol. The zero-order valence-corrected chi connectivity index (χ0v) is 13.0. The normalized spacial score (nSPS) is 19.6. The molecule has 24 heavy (non-hydrogen) atoms. The van der Waals surface area contributed by atoms with Gasteiger partial charge in [-0.15, -0.1) is 0 Å². The summed E-state index contributed by atoms with van der Waals surface area (Å²) in [5.41, 5.74) is 2.33. The number of cyclic esters (lactones) is 1. The summed E-state index contributed by atoms with van der Waals surface area (Å²) in [5.74, 6) is 0.188. The number of hydrogen-bond acceptors (Lipinski definition) is 3. The zero-order valence-electron chi connectivity index (χ0n) is 13.0. The van der Waals surface area contributed by atoms with Crippen LogP contribution in [0, 0.1) is 0 Å². The number of para-hydroxylation sites is 1. The molecule has 1 aliphatic rings. The standard InChI is InChI=1S/C21H16O3/c22-21-17-13-7-8-14-18(17)23-19(15-9-3-1-4-10-15)20(24-21)16-11-5-2-6-12-16/h1-14,19-20H/t19-,20+/m0/s1. The van der Waals surface area contributed by atoms with E-state index in [0.29, 0.717) is 11.3 Å². The van der Waals surface area contributed by atoms with E-state index in [1.807, 2.05) is 72.8 Å². The predicted octanol–water partition coefficient (Wildman–Crippen LogP) is 4.72. The van der Waals surface area contributed by atoms with Crippen molar-refractivity contribution in [2.24, 2.45) is 0 Å². The average molecular weight is 316 g/mol. The van der Waals surface area contributed by atoms with Crippen molar-refractivity contribution in [3.63, 3.8) is 0 Å². The quantitative estimate of drug-likeness (QED) is 0.642. The fourth-order valence-corrected chi connectivity index (χ4v) is 2.95. The lowest BCUT2D eigenvalue weighted by molar-refractivity contribution is -0.00261. The van der Waals surface area contributed by atoms with Crippen LogP contribution in [0.25, 0.3) is 0 Å². The fraction of sp³-hybridized carbons (Fsp3) is 0.0952. The van der Waals surface area contributed by atoms with Crippen LogP contribution in [-0.4, -0.2) is 5.97 Å². The molecule has 0 N–H and O–H groups in total. The monoisotopic (exact) mass is 316 g/mol. The second-order valence-corrected chi connectivity index (χ2v) is 5.68. The van der Waals surface area contributed by atoms with Crippen LogP contribution in [0.1, 0.15) is 33.7 Å². The maximum Gasteiger partial charge on any atom is 0.342 e. The van der Waals surface area contributed by atoms with E-state index in [9.17, 15) is 4.79 Å². The molecule has 3 nitrogen and oxygen atoms in total. The lowest BCUT2D eigenvalue weighted by Crippen LogP contribution is -2.19. The first-order valence-corrected chi connectivity index (χ1v) is 7.89. The molecule has 0 bridgehead atoms. The first-order valence-electron chi connectivity index (χ1n) is 7.89. The fourth-order valence-electron chi connectivity index (χ4n) is 2.95. The Kier molecular flexibility index (Phi) is 3.75. The molecule has 0 saturated carbocycles. The first-order chi connectivity index (χ1) is 11.8. The Morgan fingerprint density at radius 3 is 1.71 bits per heavy atom. The first kappa shape index (κ1) is 14.5. The van der Waals surface area contributed by atoms with Gasteiger partial charge in [-0.3, -0.25) is 0 Å². The van der Waals surface area contributed by atoms with E-state index in [2.05, 4.69) is 0 Å². The van der Waals surface area contributed by atoms with Gasteiger partial charge in [-0.25, -0.2) is 4.79 Å². The number of carbonyl (C=O) groups excluding carboxylic acids is 1. The molecule has 1 heterocycles. The maximum absolute atomic E-state index is 12.6. The highest BCUT2D eigenvalue weighted by Crippen LogP contribution is 2.40. The summed E-state index contributed by atoms with van der Waals surface area (Å²) in [4.78, 5) is 12.6. The molecule has 3 aromatic rings. The van der Waals surface area contributed by atoms with E-state index in [-0.39, 0.29) is 5.97 Å². The molecular formula is C21H16O3. The molecule has 0 aliphatic carbocycles. The van der Waals surface area contributed by atoms with Crippen LogP contribution in [0.15, 0.2) is 84.9 Å². The zero-order chi connectivity index (χ0) is 16.4. The van der Waals surface area contributed by atoms with Gasteiger partial charge in [-0.05, 0) is 23.3 Å². The topological polar surface area (TPSA) is 35.5 Å². The van der Waals surface area contributed by atoms with Gasteiger partial charge in [-0.2, -0.15) is 0 Å². The van der Waals surface area contributed by atoms with Crippen molar-refractivity contribution in [2.45, 2.75) is 12.2 Å². The van der Waals surface area contributed by atoms with E-state index in [0.717, 1.165) is 11.1 Å². The minimum absolute atomic E-state index is 0.363. The molecule has 0 amide bonds. The third-order valence-electron chi connectivity index (χ3n) is 4.13. The molecule has 0 spiro atoms. The van der Waals surface area contributed by atoms with Gasteiger partial charge in [0.05, 0.1) is 0 Å². The van der Waals surface area contributed by atoms with Gasteiger partial charge >= 0.3 is 5.97 Å². The number of hydrogen-bond donors (Lipinski definition) is 0. The van der Waals surface area contributed by atoms with Gasteiger partial charge in [-0.1, -0.05) is 72.8 Å². The highest BCUT2D eigenvalue weighted by Gasteiger charge is 2.35. The van der Waals surface area contributed by atoms with E-state index in [1.54, 1.807) is 12.1 Å². The van der Waals surface area contributed by atoms with Crippen molar-refractivity contribution in [1.82, 2.24) is 0 Å². The van der Waals surface area contributed by atoms with Crippen molar-refractivity contribution >= 4 is 5.97 Å². The lowest BCUT2D eigenvalue weighted by Gasteiger charge is -2.25. The lowest BCUT2D eigenvalue weighted by atomic mass is 9.98. The van der Waals surface area contributed by atoms with Crippen molar-refractivity contribution in [3.05, 3.63) is 102 Å². The number of carbonyl (C=O) groups is 1. The van der Waals surface area contributed by atoms with Crippen LogP contribution in [0.2, 0.25) is 0 Å². The molecule has 3 aromatic carbocycles. The highest BCUT2D eigenvalue weighted by molar-refractivity contribution is 5.93. The molecule has 0 saturated heterocycles. The SMILES string of the molecule is O=C1O[C@H](c2ccccc2)[C@H](c2ccccc2)Oc2ccccc21. The summed E-state index contributed by atoms with van der Waals surface area (Å²) < 4.78 is 12.1. The Morgan fingerprint density at radius 1 is 0.583 bits per heavy atom. The van der Waals surface area contributed by atoms with Gasteiger partial charge in [0.2, 0.25) is 0 Å². The van der Waals surface area contributed by atoms with E-state index in [4.69, 9.17) is 9.47 Å². The van der Waals surface area contributed by atoms with Gasteiger partial charge in [0.1, 0.15) is 11.3 Å². The summed E-state index contributed by atoms with van der Waals surface area (Å²) in [6.07, 6.45) is -0.908. The van der Waals surface area contributed by atoms with E-state index >= 15 is 0 Å². The number of fused-ring (bicyclic) bond motifs is 1. The molecule has 0 aromatic heterocycles. The summed E-state index contributed by atoms with van der Waals surface area (Å²) in [7, 11) is 0. The minimum atomic E-state index is -0.506. The van der Waals surface area contributed by atoms with Crippen LogP contribution in [-0.2, 0) is 4.74 Å². The van der Waals surface area contributed by atoms with Crippen LogP contribution < -0.4 is 4.74 Å². The molecule has 0 fully saturated rings. The van der Waals surface area contributed by atoms with Crippen LogP contribution in [0.4, 0.5) is 0 Å². The molecule has 0 unspecified atom stereocenters. The second-order valence-electron chi connectivity index (χ2n) is 5.68. The van der Waals surface area contributed by atoms with Crippen molar-refractivity contribution < 1.29 is 14.3 Å². The van der Waals surface area contributed by atoms with Gasteiger partial charge in [0, 0.05) is 0 Å². The number of esters is 1. The van der Waals surface area contributed by atoms with Crippen molar-refractivity contribution in [2.75, 3.05) is 0 Å². The maximum atomic E-state index is 12.6. The molecule has 2 atom stereocenters.